The number of carbonyl (C=O) groups excluding carboxylic acids is 1. The molecule has 3 N–H and O–H groups in total. The van der Waals surface area contributed by atoms with Crippen molar-refractivity contribution in [3.05, 3.63) is 34.9 Å². The lowest BCUT2D eigenvalue weighted by Gasteiger charge is -2.09. The molecule has 0 aliphatic heterocycles. The molecule has 112 valence electrons. The zero-order valence-corrected chi connectivity index (χ0v) is 12.8. The molecule has 2 aromatic rings. The smallest absolute Gasteiger partial charge is 0.246 e. The van der Waals surface area contributed by atoms with E-state index in [2.05, 4.69) is 15.4 Å². The van der Waals surface area contributed by atoms with Gasteiger partial charge in [0.2, 0.25) is 5.91 Å². The van der Waals surface area contributed by atoms with Crippen molar-refractivity contribution in [1.29, 1.82) is 0 Å². The van der Waals surface area contributed by atoms with Crippen LogP contribution in [0, 0.1) is 0 Å². The monoisotopic (exact) mass is 307 g/mol. The van der Waals surface area contributed by atoms with Gasteiger partial charge in [0.05, 0.1) is 11.4 Å². The first-order valence-electron chi connectivity index (χ1n) is 6.81. The van der Waals surface area contributed by atoms with Crippen molar-refractivity contribution in [2.45, 2.75) is 33.2 Å². The minimum atomic E-state index is -0.216. The quantitative estimate of drug-likeness (QED) is 0.830. The van der Waals surface area contributed by atoms with Gasteiger partial charge in [0.1, 0.15) is 12.4 Å². The Morgan fingerprint density at radius 3 is 2.81 bits per heavy atom. The van der Waals surface area contributed by atoms with Crippen LogP contribution < -0.4 is 11.1 Å². The van der Waals surface area contributed by atoms with Crippen molar-refractivity contribution in [1.82, 2.24) is 14.8 Å². The third-order valence-electron chi connectivity index (χ3n) is 3.01. The van der Waals surface area contributed by atoms with Crippen LogP contribution in [0.4, 0.5) is 11.4 Å². The zero-order chi connectivity index (χ0) is 15.4. The summed E-state index contributed by atoms with van der Waals surface area (Å²) in [5.41, 5.74) is 6.77. The van der Waals surface area contributed by atoms with E-state index in [1.54, 1.807) is 22.9 Å². The van der Waals surface area contributed by atoms with Crippen molar-refractivity contribution in [2.75, 3.05) is 11.1 Å². The number of halogens is 1. The molecule has 0 saturated carbocycles. The second kappa shape index (κ2) is 6.58. The summed E-state index contributed by atoms with van der Waals surface area (Å²) in [5.74, 6) is 1.31. The number of aromatic nitrogens is 3. The number of nitrogens with one attached hydrogen (secondary N) is 1. The summed E-state index contributed by atoms with van der Waals surface area (Å²) < 4.78 is 1.62. The molecule has 0 radical (unpaired) electrons. The molecule has 1 amide bonds. The Hall–Kier alpha value is -2.08. The number of benzene rings is 1. The van der Waals surface area contributed by atoms with E-state index in [0.29, 0.717) is 16.4 Å². The average Bonchev–Trinajstić information content (AvgIpc) is 2.85. The Balaban J connectivity index is 2.11. The summed E-state index contributed by atoms with van der Waals surface area (Å²) in [6, 6.07) is 4.95. The fourth-order valence-corrected chi connectivity index (χ4v) is 2.10. The largest absolute Gasteiger partial charge is 0.397 e. The van der Waals surface area contributed by atoms with E-state index in [1.807, 2.05) is 13.8 Å². The van der Waals surface area contributed by atoms with Crippen LogP contribution in [-0.2, 0) is 24.2 Å². The molecule has 0 saturated heterocycles. The predicted octanol–water partition coefficient (Wildman–Crippen LogP) is 2.28. The molecular formula is C14H18ClN5O. The van der Waals surface area contributed by atoms with Gasteiger partial charge in [0.25, 0.3) is 0 Å². The average molecular weight is 308 g/mol. The van der Waals surface area contributed by atoms with Gasteiger partial charge in [-0.25, -0.2) is 9.67 Å². The number of rotatable bonds is 5. The minimum Gasteiger partial charge on any atom is -0.397 e. The second-order valence-corrected chi connectivity index (χ2v) is 5.03. The molecule has 0 bridgehead atoms. The molecule has 1 heterocycles. The summed E-state index contributed by atoms with van der Waals surface area (Å²) in [6.07, 6.45) is 1.46. The molecule has 2 rings (SSSR count). The first kappa shape index (κ1) is 15.3. The van der Waals surface area contributed by atoms with E-state index in [1.165, 1.54) is 0 Å². The molecule has 21 heavy (non-hydrogen) atoms. The van der Waals surface area contributed by atoms with Crippen LogP contribution in [0.25, 0.3) is 0 Å². The van der Waals surface area contributed by atoms with Crippen molar-refractivity contribution in [3.8, 4) is 0 Å². The molecule has 7 heteroatoms. The van der Waals surface area contributed by atoms with Gasteiger partial charge in [-0.2, -0.15) is 5.10 Å². The van der Waals surface area contributed by atoms with Crippen molar-refractivity contribution < 1.29 is 4.79 Å². The molecule has 0 spiro atoms. The lowest BCUT2D eigenvalue weighted by molar-refractivity contribution is -0.116. The van der Waals surface area contributed by atoms with E-state index in [4.69, 9.17) is 17.3 Å². The van der Waals surface area contributed by atoms with Crippen molar-refractivity contribution >= 4 is 28.9 Å². The fraction of sp³-hybridized carbons (Fsp3) is 0.357. The number of anilines is 2. The van der Waals surface area contributed by atoms with Crippen LogP contribution in [0.1, 0.15) is 25.5 Å². The maximum Gasteiger partial charge on any atom is 0.246 e. The molecular weight excluding hydrogens is 290 g/mol. The van der Waals surface area contributed by atoms with Gasteiger partial charge < -0.3 is 11.1 Å². The minimum absolute atomic E-state index is 0.0993. The highest BCUT2D eigenvalue weighted by Gasteiger charge is 2.12. The van der Waals surface area contributed by atoms with Crippen LogP contribution in [0.5, 0.6) is 0 Å². The van der Waals surface area contributed by atoms with E-state index in [-0.39, 0.29) is 12.5 Å². The van der Waals surface area contributed by atoms with Crippen molar-refractivity contribution in [3.63, 3.8) is 0 Å². The van der Waals surface area contributed by atoms with E-state index >= 15 is 0 Å². The fourth-order valence-electron chi connectivity index (χ4n) is 1.93. The molecule has 0 aliphatic carbocycles. The van der Waals surface area contributed by atoms with Crippen LogP contribution in [0.3, 0.4) is 0 Å². The lowest BCUT2D eigenvalue weighted by atomic mass is 10.2. The van der Waals surface area contributed by atoms with Crippen molar-refractivity contribution in [2.24, 2.45) is 0 Å². The molecule has 0 atom stereocenters. The summed E-state index contributed by atoms with van der Waals surface area (Å²) in [4.78, 5) is 16.5. The zero-order valence-electron chi connectivity index (χ0n) is 12.1. The Morgan fingerprint density at radius 2 is 2.14 bits per heavy atom. The number of nitrogen functional groups attached to an aromatic ring is 1. The van der Waals surface area contributed by atoms with E-state index < -0.39 is 0 Å². The summed E-state index contributed by atoms with van der Waals surface area (Å²) in [6.45, 7) is 4.06. The summed E-state index contributed by atoms with van der Waals surface area (Å²) in [5, 5.41) is 7.57. The normalized spacial score (nSPS) is 10.6. The second-order valence-electron chi connectivity index (χ2n) is 4.59. The maximum absolute atomic E-state index is 12.1. The van der Waals surface area contributed by atoms with Gasteiger partial charge in [-0.3, -0.25) is 4.79 Å². The molecule has 0 fully saturated rings. The van der Waals surface area contributed by atoms with Gasteiger partial charge in [0, 0.05) is 17.9 Å². The van der Waals surface area contributed by atoms with Gasteiger partial charge in [-0.1, -0.05) is 25.4 Å². The summed E-state index contributed by atoms with van der Waals surface area (Å²) >= 11 is 5.90. The third kappa shape index (κ3) is 3.72. The molecule has 0 aliphatic rings. The van der Waals surface area contributed by atoms with E-state index in [9.17, 15) is 4.79 Å². The first-order valence-corrected chi connectivity index (χ1v) is 7.18. The van der Waals surface area contributed by atoms with Gasteiger partial charge in [-0.15, -0.1) is 0 Å². The Bertz CT molecular complexity index is 653. The first-order chi connectivity index (χ1) is 10.0. The molecule has 6 nitrogen and oxygen atoms in total. The van der Waals surface area contributed by atoms with Crippen LogP contribution in [0.2, 0.25) is 5.02 Å². The summed E-state index contributed by atoms with van der Waals surface area (Å²) in [7, 11) is 0. The molecule has 1 aromatic heterocycles. The van der Waals surface area contributed by atoms with E-state index in [0.717, 1.165) is 24.5 Å². The predicted molar refractivity (Wildman–Crippen MR) is 83.3 cm³/mol. The number of hydrogen-bond donors (Lipinski definition) is 2. The molecule has 1 aromatic carbocycles. The lowest BCUT2D eigenvalue weighted by Crippen LogP contribution is -2.21. The highest BCUT2D eigenvalue weighted by molar-refractivity contribution is 6.31. The standard InChI is InChI=1S/C14H18ClN5O/c1-3-12-18-13(4-2)20(19-12)8-14(21)17-11-7-9(15)5-6-10(11)16/h5-7H,3-4,8,16H2,1-2H3,(H,17,21). The Labute approximate surface area is 128 Å². The SMILES string of the molecule is CCc1nc(CC)n(CC(=O)Nc2cc(Cl)ccc2N)n1. The highest BCUT2D eigenvalue weighted by atomic mass is 35.5. The number of nitrogens with zero attached hydrogens (tertiary/aromatic N) is 3. The van der Waals surface area contributed by atoms with Gasteiger partial charge in [0.15, 0.2) is 5.82 Å². The third-order valence-corrected chi connectivity index (χ3v) is 3.24. The van der Waals surface area contributed by atoms with Crippen LogP contribution in [0.15, 0.2) is 18.2 Å². The van der Waals surface area contributed by atoms with Gasteiger partial charge in [-0.05, 0) is 18.2 Å². The number of nitrogens with two attached hydrogens (primary N) is 1. The highest BCUT2D eigenvalue weighted by Crippen LogP contribution is 2.22. The Kier molecular flexibility index (Phi) is 4.80. The number of amides is 1. The topological polar surface area (TPSA) is 85.8 Å². The molecule has 0 unspecified atom stereocenters. The van der Waals surface area contributed by atoms with Crippen LogP contribution >= 0.6 is 11.6 Å². The van der Waals surface area contributed by atoms with Gasteiger partial charge >= 0.3 is 0 Å². The maximum atomic E-state index is 12.1. The number of carbonyl (C=O) groups is 1. The number of hydrogen-bond acceptors (Lipinski definition) is 4. The van der Waals surface area contributed by atoms with Crippen LogP contribution in [-0.4, -0.2) is 20.7 Å². The Morgan fingerprint density at radius 1 is 1.38 bits per heavy atom. The number of aryl methyl sites for hydroxylation is 2.